The first-order chi connectivity index (χ1) is 9.66. The second-order valence-electron chi connectivity index (χ2n) is 4.71. The molecule has 0 spiro atoms. The fraction of sp³-hybridized carbons (Fsp3) is 0.667. The van der Waals surface area contributed by atoms with Crippen molar-refractivity contribution < 1.29 is 19.2 Å². The summed E-state index contributed by atoms with van der Waals surface area (Å²) in [5.74, 6) is -0.762. The van der Waals surface area contributed by atoms with E-state index in [1.54, 1.807) is 0 Å². The lowest BCUT2D eigenvalue weighted by molar-refractivity contribution is -0.137. The Morgan fingerprint density at radius 1 is 1.45 bits per heavy atom. The van der Waals surface area contributed by atoms with Crippen LogP contribution < -0.4 is 10.6 Å². The molecule has 8 heteroatoms. The van der Waals surface area contributed by atoms with Gasteiger partial charge in [-0.1, -0.05) is 5.16 Å². The molecule has 1 aromatic rings. The summed E-state index contributed by atoms with van der Waals surface area (Å²) in [6.07, 6.45) is 3.22. The number of nitrogens with one attached hydrogen (secondary N) is 2. The summed E-state index contributed by atoms with van der Waals surface area (Å²) in [4.78, 5) is 26.1. The minimum Gasteiger partial charge on any atom is -0.481 e. The van der Waals surface area contributed by atoms with Gasteiger partial charge in [0.1, 0.15) is 0 Å². The average molecular weight is 282 g/mol. The predicted molar refractivity (Wildman–Crippen MR) is 68.1 cm³/mol. The van der Waals surface area contributed by atoms with Crippen molar-refractivity contribution >= 4 is 11.9 Å². The zero-order valence-electron chi connectivity index (χ0n) is 11.1. The Bertz CT molecular complexity index is 468. The first-order valence-corrected chi connectivity index (χ1v) is 6.74. The molecule has 1 saturated heterocycles. The van der Waals surface area contributed by atoms with Crippen molar-refractivity contribution in [2.45, 2.75) is 38.1 Å². The molecule has 2 rings (SSSR count). The summed E-state index contributed by atoms with van der Waals surface area (Å²) < 4.78 is 5.07. The fourth-order valence-electron chi connectivity index (χ4n) is 2.05. The first kappa shape index (κ1) is 14.4. The molecule has 1 aliphatic rings. The number of carboxylic acids is 1. The van der Waals surface area contributed by atoms with Gasteiger partial charge in [-0.2, -0.15) is 4.98 Å². The van der Waals surface area contributed by atoms with E-state index in [1.165, 1.54) is 0 Å². The molecule has 1 fully saturated rings. The molecule has 2 heterocycles. The van der Waals surface area contributed by atoms with Crippen molar-refractivity contribution in [1.82, 2.24) is 20.8 Å². The molecular formula is C12H18N4O4. The van der Waals surface area contributed by atoms with E-state index in [4.69, 9.17) is 9.63 Å². The molecule has 0 radical (unpaired) electrons. The van der Waals surface area contributed by atoms with Gasteiger partial charge >= 0.3 is 5.97 Å². The molecule has 1 amide bonds. The van der Waals surface area contributed by atoms with Crippen molar-refractivity contribution in [2.75, 3.05) is 13.1 Å². The van der Waals surface area contributed by atoms with Gasteiger partial charge in [-0.05, 0) is 32.2 Å². The highest BCUT2D eigenvalue weighted by Gasteiger charge is 2.24. The maximum Gasteiger partial charge on any atom is 0.303 e. The third-order valence-electron chi connectivity index (χ3n) is 3.11. The van der Waals surface area contributed by atoms with Gasteiger partial charge in [0.05, 0.1) is 6.04 Å². The van der Waals surface area contributed by atoms with Gasteiger partial charge in [-0.3, -0.25) is 9.59 Å². The van der Waals surface area contributed by atoms with E-state index >= 15 is 0 Å². The van der Waals surface area contributed by atoms with Crippen LogP contribution in [0, 0.1) is 0 Å². The Morgan fingerprint density at radius 2 is 2.30 bits per heavy atom. The summed E-state index contributed by atoms with van der Waals surface area (Å²) in [6, 6.07) is 0.0413. The van der Waals surface area contributed by atoms with E-state index < -0.39 is 11.9 Å². The van der Waals surface area contributed by atoms with Crippen LogP contribution in [0.3, 0.4) is 0 Å². The SMILES string of the molecule is O=C(O)CCCCNC(=O)c1noc(C2CCCN2)n1. The minimum atomic E-state index is -0.830. The van der Waals surface area contributed by atoms with Crippen molar-refractivity contribution in [3.63, 3.8) is 0 Å². The van der Waals surface area contributed by atoms with Gasteiger partial charge in [0, 0.05) is 13.0 Å². The number of rotatable bonds is 7. The number of carbonyl (C=O) groups excluding carboxylic acids is 1. The van der Waals surface area contributed by atoms with Crippen molar-refractivity contribution in [1.29, 1.82) is 0 Å². The summed E-state index contributed by atoms with van der Waals surface area (Å²) in [5, 5.41) is 18.0. The number of carbonyl (C=O) groups is 2. The normalized spacial score (nSPS) is 18.1. The molecule has 0 aromatic carbocycles. The van der Waals surface area contributed by atoms with Crippen molar-refractivity contribution in [3.05, 3.63) is 11.7 Å². The van der Waals surface area contributed by atoms with Gasteiger partial charge in [0.25, 0.3) is 11.7 Å². The third kappa shape index (κ3) is 4.02. The Labute approximate surface area is 115 Å². The van der Waals surface area contributed by atoms with E-state index in [9.17, 15) is 9.59 Å². The number of carboxylic acid groups (broad SMARTS) is 1. The molecular weight excluding hydrogens is 264 g/mol. The van der Waals surface area contributed by atoms with E-state index in [-0.39, 0.29) is 18.3 Å². The van der Waals surface area contributed by atoms with Crippen LogP contribution in [0.1, 0.15) is 54.7 Å². The number of aromatic nitrogens is 2. The standard InChI is InChI=1S/C12H18N4O4/c17-9(18)5-1-2-6-14-11(19)10-15-12(20-16-10)8-4-3-7-13-8/h8,13H,1-7H2,(H,14,19)(H,17,18). The molecule has 1 aliphatic heterocycles. The van der Waals surface area contributed by atoms with Crippen LogP contribution in [0.4, 0.5) is 0 Å². The van der Waals surface area contributed by atoms with Crippen LogP contribution in [-0.4, -0.2) is 40.2 Å². The molecule has 0 bridgehead atoms. The summed E-state index contributed by atoms with van der Waals surface area (Å²) in [5.41, 5.74) is 0. The summed E-state index contributed by atoms with van der Waals surface area (Å²) >= 11 is 0. The quantitative estimate of drug-likeness (QED) is 0.622. The topological polar surface area (TPSA) is 117 Å². The molecule has 20 heavy (non-hydrogen) atoms. The average Bonchev–Trinajstić information content (AvgIpc) is 3.08. The summed E-state index contributed by atoms with van der Waals surface area (Å²) in [6.45, 7) is 1.32. The van der Waals surface area contributed by atoms with Crippen LogP contribution in [-0.2, 0) is 4.79 Å². The highest BCUT2D eigenvalue weighted by Crippen LogP contribution is 2.20. The molecule has 0 saturated carbocycles. The van der Waals surface area contributed by atoms with Crippen molar-refractivity contribution in [2.24, 2.45) is 0 Å². The van der Waals surface area contributed by atoms with E-state index in [2.05, 4.69) is 20.8 Å². The minimum absolute atomic E-state index is 0.0203. The Hall–Kier alpha value is -1.96. The molecule has 3 N–H and O–H groups in total. The Kier molecular flexibility index (Phi) is 5.05. The number of aliphatic carboxylic acids is 1. The highest BCUT2D eigenvalue weighted by atomic mass is 16.5. The van der Waals surface area contributed by atoms with E-state index in [0.29, 0.717) is 25.3 Å². The van der Waals surface area contributed by atoms with Gasteiger partial charge in [-0.15, -0.1) is 0 Å². The molecule has 1 atom stereocenters. The van der Waals surface area contributed by atoms with Gasteiger partial charge in [0.2, 0.25) is 5.89 Å². The lowest BCUT2D eigenvalue weighted by atomic mass is 10.2. The Morgan fingerprint density at radius 3 is 3.00 bits per heavy atom. The van der Waals surface area contributed by atoms with Gasteiger partial charge in [0.15, 0.2) is 0 Å². The van der Waals surface area contributed by atoms with Crippen LogP contribution in [0.2, 0.25) is 0 Å². The monoisotopic (exact) mass is 282 g/mol. The number of unbranched alkanes of at least 4 members (excludes halogenated alkanes) is 1. The van der Waals surface area contributed by atoms with Crippen molar-refractivity contribution in [3.8, 4) is 0 Å². The molecule has 0 aliphatic carbocycles. The predicted octanol–water partition coefficient (Wildman–Crippen LogP) is 0.479. The second kappa shape index (κ2) is 6.99. The smallest absolute Gasteiger partial charge is 0.303 e. The van der Waals surface area contributed by atoms with Crippen LogP contribution >= 0.6 is 0 Å². The van der Waals surface area contributed by atoms with E-state index in [0.717, 1.165) is 19.4 Å². The lowest BCUT2D eigenvalue weighted by Crippen LogP contribution is -2.25. The maximum absolute atomic E-state index is 11.7. The van der Waals surface area contributed by atoms with Crippen LogP contribution in [0.25, 0.3) is 0 Å². The van der Waals surface area contributed by atoms with Gasteiger partial charge in [-0.25, -0.2) is 0 Å². The largest absolute Gasteiger partial charge is 0.481 e. The number of amides is 1. The summed E-state index contributed by atoms with van der Waals surface area (Å²) in [7, 11) is 0. The zero-order valence-corrected chi connectivity index (χ0v) is 11.1. The number of hydrogen-bond donors (Lipinski definition) is 3. The Balaban J connectivity index is 1.73. The second-order valence-corrected chi connectivity index (χ2v) is 4.71. The van der Waals surface area contributed by atoms with Gasteiger partial charge < -0.3 is 20.3 Å². The van der Waals surface area contributed by atoms with E-state index in [1.807, 2.05) is 0 Å². The maximum atomic E-state index is 11.7. The molecule has 1 unspecified atom stereocenters. The molecule has 1 aromatic heterocycles. The highest BCUT2D eigenvalue weighted by molar-refractivity contribution is 5.90. The zero-order chi connectivity index (χ0) is 14.4. The third-order valence-corrected chi connectivity index (χ3v) is 3.11. The first-order valence-electron chi connectivity index (χ1n) is 6.74. The fourth-order valence-corrected chi connectivity index (χ4v) is 2.05. The lowest BCUT2D eigenvalue weighted by Gasteiger charge is -2.02. The van der Waals surface area contributed by atoms with Crippen LogP contribution in [0.5, 0.6) is 0 Å². The molecule has 110 valence electrons. The number of hydrogen-bond acceptors (Lipinski definition) is 6. The number of nitrogens with zero attached hydrogens (tertiary/aromatic N) is 2. The molecule has 8 nitrogen and oxygen atoms in total. The van der Waals surface area contributed by atoms with Crippen LogP contribution in [0.15, 0.2) is 4.52 Å².